The quantitative estimate of drug-likeness (QED) is 0.905. The van der Waals surface area contributed by atoms with Crippen molar-refractivity contribution in [1.82, 2.24) is 9.97 Å². The van der Waals surface area contributed by atoms with Gasteiger partial charge in [-0.2, -0.15) is 0 Å². The van der Waals surface area contributed by atoms with Crippen LogP contribution in [0.4, 0.5) is 5.82 Å². The number of anilines is 1. The number of aromatic hydroxyl groups is 1. The first-order valence-corrected chi connectivity index (χ1v) is 6.70. The average Bonchev–Trinajstić information content (AvgIpc) is 2.47. The van der Waals surface area contributed by atoms with E-state index in [0.29, 0.717) is 5.82 Å². The van der Waals surface area contributed by atoms with Gasteiger partial charge >= 0.3 is 0 Å². The van der Waals surface area contributed by atoms with Gasteiger partial charge in [0.1, 0.15) is 11.6 Å². The van der Waals surface area contributed by atoms with E-state index < -0.39 is 0 Å². The fourth-order valence-electron chi connectivity index (χ4n) is 2.28. The third-order valence-corrected chi connectivity index (χ3v) is 3.28. The molecule has 104 valence electrons. The van der Waals surface area contributed by atoms with E-state index in [1.807, 2.05) is 19.1 Å². The second kappa shape index (κ2) is 5.46. The molecule has 0 radical (unpaired) electrons. The van der Waals surface area contributed by atoms with Gasteiger partial charge in [-0.15, -0.1) is 0 Å². The molecule has 2 aromatic rings. The van der Waals surface area contributed by atoms with Gasteiger partial charge in [-0.1, -0.05) is 12.1 Å². The summed E-state index contributed by atoms with van der Waals surface area (Å²) in [7, 11) is 0. The second-order valence-corrected chi connectivity index (χ2v) is 4.84. The lowest BCUT2D eigenvalue weighted by Gasteiger charge is -2.28. The number of hydrogen-bond acceptors (Lipinski definition) is 5. The Morgan fingerprint density at radius 3 is 2.70 bits per heavy atom. The highest BCUT2D eigenvalue weighted by Crippen LogP contribution is 2.23. The van der Waals surface area contributed by atoms with Gasteiger partial charge in [-0.3, -0.25) is 0 Å². The van der Waals surface area contributed by atoms with Crippen LogP contribution in [0.1, 0.15) is 5.69 Å². The summed E-state index contributed by atoms with van der Waals surface area (Å²) >= 11 is 0. The van der Waals surface area contributed by atoms with Crippen LogP contribution in [0.3, 0.4) is 0 Å². The van der Waals surface area contributed by atoms with E-state index >= 15 is 0 Å². The van der Waals surface area contributed by atoms with Gasteiger partial charge in [-0.25, -0.2) is 9.97 Å². The van der Waals surface area contributed by atoms with Crippen LogP contribution in [0.5, 0.6) is 5.75 Å². The molecule has 1 aromatic heterocycles. The van der Waals surface area contributed by atoms with Gasteiger partial charge in [0, 0.05) is 30.4 Å². The first-order valence-electron chi connectivity index (χ1n) is 6.70. The molecule has 0 atom stereocenters. The van der Waals surface area contributed by atoms with Gasteiger partial charge in [0.05, 0.1) is 13.2 Å². The number of ether oxygens (including phenoxy) is 1. The maximum atomic E-state index is 9.58. The molecule has 1 fully saturated rings. The number of nitrogens with zero attached hydrogens (tertiary/aromatic N) is 3. The molecule has 0 spiro atoms. The third kappa shape index (κ3) is 2.72. The van der Waals surface area contributed by atoms with Crippen LogP contribution in [0, 0.1) is 6.92 Å². The Bertz CT molecular complexity index is 610. The van der Waals surface area contributed by atoms with Crippen molar-refractivity contribution in [2.24, 2.45) is 0 Å². The van der Waals surface area contributed by atoms with Gasteiger partial charge in [0.2, 0.25) is 0 Å². The predicted octanol–water partition coefficient (Wildman–Crippen LogP) is 1.99. The van der Waals surface area contributed by atoms with Crippen LogP contribution in [0.15, 0.2) is 30.3 Å². The largest absolute Gasteiger partial charge is 0.508 e. The summed E-state index contributed by atoms with van der Waals surface area (Å²) in [5, 5.41) is 9.58. The van der Waals surface area contributed by atoms with Crippen molar-refractivity contribution in [2.45, 2.75) is 6.92 Å². The maximum absolute atomic E-state index is 9.58. The van der Waals surface area contributed by atoms with Crippen LogP contribution in [0.2, 0.25) is 0 Å². The minimum Gasteiger partial charge on any atom is -0.508 e. The van der Waals surface area contributed by atoms with E-state index in [0.717, 1.165) is 43.4 Å². The molecule has 20 heavy (non-hydrogen) atoms. The number of hydrogen-bond donors (Lipinski definition) is 1. The van der Waals surface area contributed by atoms with Crippen LogP contribution >= 0.6 is 0 Å². The van der Waals surface area contributed by atoms with E-state index in [9.17, 15) is 5.11 Å². The highest BCUT2D eigenvalue weighted by molar-refractivity contribution is 5.60. The zero-order valence-corrected chi connectivity index (χ0v) is 11.4. The van der Waals surface area contributed by atoms with Crippen LogP contribution < -0.4 is 4.90 Å². The average molecular weight is 271 g/mol. The molecule has 0 saturated carbocycles. The zero-order chi connectivity index (χ0) is 13.9. The van der Waals surface area contributed by atoms with Gasteiger partial charge < -0.3 is 14.7 Å². The molecule has 2 heterocycles. The fraction of sp³-hybridized carbons (Fsp3) is 0.333. The molecule has 3 rings (SSSR count). The number of aryl methyl sites for hydroxylation is 1. The Morgan fingerprint density at radius 1 is 1.15 bits per heavy atom. The molecule has 1 aliphatic rings. The lowest BCUT2D eigenvalue weighted by atomic mass is 10.2. The molecule has 1 aliphatic heterocycles. The maximum Gasteiger partial charge on any atom is 0.161 e. The summed E-state index contributed by atoms with van der Waals surface area (Å²) in [4.78, 5) is 11.3. The van der Waals surface area contributed by atoms with E-state index in [1.54, 1.807) is 18.2 Å². The summed E-state index contributed by atoms with van der Waals surface area (Å²) < 4.78 is 5.36. The monoisotopic (exact) mass is 271 g/mol. The summed E-state index contributed by atoms with van der Waals surface area (Å²) in [6.45, 7) is 5.10. The molecule has 5 nitrogen and oxygen atoms in total. The molecule has 0 aliphatic carbocycles. The third-order valence-electron chi connectivity index (χ3n) is 3.28. The van der Waals surface area contributed by atoms with Crippen molar-refractivity contribution in [3.8, 4) is 17.1 Å². The molecule has 1 aromatic carbocycles. The molecule has 1 saturated heterocycles. The van der Waals surface area contributed by atoms with Gasteiger partial charge in [-0.05, 0) is 19.1 Å². The molecule has 1 N–H and O–H groups in total. The van der Waals surface area contributed by atoms with Crippen molar-refractivity contribution in [2.75, 3.05) is 31.2 Å². The van der Waals surface area contributed by atoms with Gasteiger partial charge in [0.15, 0.2) is 5.82 Å². The van der Waals surface area contributed by atoms with E-state index in [2.05, 4.69) is 14.9 Å². The van der Waals surface area contributed by atoms with Crippen molar-refractivity contribution in [3.05, 3.63) is 36.0 Å². The molecule has 0 bridgehead atoms. The van der Waals surface area contributed by atoms with Crippen molar-refractivity contribution in [1.29, 1.82) is 0 Å². The minimum absolute atomic E-state index is 0.223. The van der Waals surface area contributed by atoms with Gasteiger partial charge in [0.25, 0.3) is 0 Å². The summed E-state index contributed by atoms with van der Waals surface area (Å²) in [5.41, 5.74) is 1.74. The molecule has 0 unspecified atom stereocenters. The molecular formula is C15H17N3O2. The van der Waals surface area contributed by atoms with Crippen molar-refractivity contribution in [3.63, 3.8) is 0 Å². The fourth-order valence-corrected chi connectivity index (χ4v) is 2.28. The molecule has 0 amide bonds. The Hall–Kier alpha value is -2.14. The van der Waals surface area contributed by atoms with Crippen LogP contribution in [-0.2, 0) is 4.74 Å². The lowest BCUT2D eigenvalue weighted by molar-refractivity contribution is 0.122. The summed E-state index contributed by atoms with van der Waals surface area (Å²) in [6, 6.07) is 9.00. The standard InChI is InChI=1S/C15H17N3O2/c1-11-9-14(18-5-7-20-8-6-18)17-15(16-11)12-3-2-4-13(19)10-12/h2-4,9-10,19H,5-8H2,1H3. The molecular weight excluding hydrogens is 254 g/mol. The van der Waals surface area contributed by atoms with E-state index in [-0.39, 0.29) is 5.75 Å². The highest BCUT2D eigenvalue weighted by Gasteiger charge is 2.14. The second-order valence-electron chi connectivity index (χ2n) is 4.84. The smallest absolute Gasteiger partial charge is 0.161 e. The zero-order valence-electron chi connectivity index (χ0n) is 11.4. The normalized spacial score (nSPS) is 15.3. The predicted molar refractivity (Wildman–Crippen MR) is 76.9 cm³/mol. The van der Waals surface area contributed by atoms with Crippen molar-refractivity contribution >= 4 is 5.82 Å². The Labute approximate surface area is 117 Å². The van der Waals surface area contributed by atoms with Crippen molar-refractivity contribution < 1.29 is 9.84 Å². The first-order chi connectivity index (χ1) is 9.72. The van der Waals surface area contributed by atoms with E-state index in [4.69, 9.17) is 4.74 Å². The SMILES string of the molecule is Cc1cc(N2CCOCC2)nc(-c2cccc(O)c2)n1. The summed E-state index contributed by atoms with van der Waals surface area (Å²) in [5.74, 6) is 1.78. The Morgan fingerprint density at radius 2 is 1.95 bits per heavy atom. The highest BCUT2D eigenvalue weighted by atomic mass is 16.5. The first kappa shape index (κ1) is 12.9. The Kier molecular flexibility index (Phi) is 3.52. The number of benzene rings is 1. The number of aromatic nitrogens is 2. The van der Waals surface area contributed by atoms with Crippen LogP contribution in [0.25, 0.3) is 11.4 Å². The van der Waals surface area contributed by atoms with Crippen LogP contribution in [-0.4, -0.2) is 41.4 Å². The number of phenols is 1. The lowest BCUT2D eigenvalue weighted by Crippen LogP contribution is -2.36. The number of phenolic OH excluding ortho intramolecular Hbond substituents is 1. The Balaban J connectivity index is 1.97. The topological polar surface area (TPSA) is 58.5 Å². The minimum atomic E-state index is 0.223. The van der Waals surface area contributed by atoms with E-state index in [1.165, 1.54) is 0 Å². The molecule has 5 heteroatoms. The number of morpholine rings is 1. The summed E-state index contributed by atoms with van der Waals surface area (Å²) in [6.07, 6.45) is 0. The number of rotatable bonds is 2.